The van der Waals surface area contributed by atoms with Gasteiger partial charge in [0.15, 0.2) is 5.78 Å². The lowest BCUT2D eigenvalue weighted by atomic mass is 9.64. The van der Waals surface area contributed by atoms with Crippen LogP contribution in [0.2, 0.25) is 5.82 Å². The second-order valence-electron chi connectivity index (χ2n) is 9.29. The molecule has 0 bridgehead atoms. The highest BCUT2D eigenvalue weighted by Crippen LogP contribution is 2.36. The molecule has 1 aliphatic heterocycles. The van der Waals surface area contributed by atoms with Crippen molar-refractivity contribution in [3.05, 3.63) is 94.3 Å². The fourth-order valence-corrected chi connectivity index (χ4v) is 4.67. The molecule has 3 aromatic rings. The molecule has 0 fully saturated rings. The van der Waals surface area contributed by atoms with Crippen LogP contribution >= 0.6 is 0 Å². The predicted molar refractivity (Wildman–Crippen MR) is 140 cm³/mol. The summed E-state index contributed by atoms with van der Waals surface area (Å²) in [6.45, 7) is 5.15. The lowest BCUT2D eigenvalue weighted by Crippen LogP contribution is -2.36. The van der Waals surface area contributed by atoms with Gasteiger partial charge in [0.25, 0.3) is 0 Å². The van der Waals surface area contributed by atoms with Crippen LogP contribution < -0.4 is 15.7 Å². The summed E-state index contributed by atoms with van der Waals surface area (Å²) in [4.78, 5) is 29.2. The number of para-hydroxylation sites is 1. The number of hydrogen-bond acceptors (Lipinski definition) is 7. The van der Waals surface area contributed by atoms with Gasteiger partial charge in [-0.1, -0.05) is 49.4 Å². The summed E-state index contributed by atoms with van der Waals surface area (Å²) in [6.07, 6.45) is 2.55. The number of benzene rings is 2. The van der Waals surface area contributed by atoms with Crippen molar-refractivity contribution in [2.24, 2.45) is 5.73 Å². The number of carbonyl (C=O) groups excluding carboxylic acids is 2. The minimum absolute atomic E-state index is 0.0105. The average molecular weight is 485 g/mol. The summed E-state index contributed by atoms with van der Waals surface area (Å²) in [7, 11) is -1.14. The number of nitrogens with one attached hydrogen (secondary N) is 1. The number of nitrogens with two attached hydrogens (primary N) is 1. The highest BCUT2D eigenvalue weighted by Gasteiger charge is 2.37. The van der Waals surface area contributed by atoms with Gasteiger partial charge in [-0.2, -0.15) is 0 Å². The minimum atomic E-state index is -1.14. The van der Waals surface area contributed by atoms with Gasteiger partial charge in [-0.25, -0.2) is 0 Å². The van der Waals surface area contributed by atoms with E-state index in [4.69, 9.17) is 10.4 Å². The van der Waals surface area contributed by atoms with Gasteiger partial charge in [0.1, 0.15) is 11.5 Å². The molecule has 0 saturated carbocycles. The van der Waals surface area contributed by atoms with Crippen molar-refractivity contribution in [2.45, 2.75) is 51.5 Å². The number of carbonyl (C=O) groups is 2. The van der Waals surface area contributed by atoms with Crippen LogP contribution in [0.3, 0.4) is 0 Å². The SMILES string of the molecule is CCNCc1ccccc1C(N)c1ccc(CC(=O)C[C@H]2Cc3cccc(C(C)=O)c3OB2O)cn1. The van der Waals surface area contributed by atoms with Crippen LogP contribution in [-0.2, 0) is 24.2 Å². The van der Waals surface area contributed by atoms with Gasteiger partial charge in [0, 0.05) is 31.4 Å². The Kier molecular flexibility index (Phi) is 8.30. The lowest BCUT2D eigenvalue weighted by Gasteiger charge is -2.28. The molecule has 0 amide bonds. The van der Waals surface area contributed by atoms with Gasteiger partial charge in [0.2, 0.25) is 0 Å². The van der Waals surface area contributed by atoms with Crippen LogP contribution in [0.5, 0.6) is 5.75 Å². The molecule has 2 atom stereocenters. The van der Waals surface area contributed by atoms with Crippen molar-refractivity contribution in [3.8, 4) is 5.75 Å². The largest absolute Gasteiger partial charge is 0.535 e. The number of Topliss-reactive ketones (excluding diaryl/α,β-unsaturated/α-hetero) is 2. The fourth-order valence-electron chi connectivity index (χ4n) is 4.67. The van der Waals surface area contributed by atoms with Gasteiger partial charge < -0.3 is 20.7 Å². The number of ketones is 2. The molecule has 4 rings (SSSR count). The topological polar surface area (TPSA) is 115 Å². The number of fused-ring (bicyclic) bond motifs is 1. The summed E-state index contributed by atoms with van der Waals surface area (Å²) >= 11 is 0. The molecule has 36 heavy (non-hydrogen) atoms. The van der Waals surface area contributed by atoms with Crippen LogP contribution in [0.25, 0.3) is 0 Å². The number of pyridine rings is 1. The van der Waals surface area contributed by atoms with E-state index in [1.807, 2.05) is 36.4 Å². The molecule has 1 aliphatic rings. The summed E-state index contributed by atoms with van der Waals surface area (Å²) < 4.78 is 5.66. The summed E-state index contributed by atoms with van der Waals surface area (Å²) in [5, 5.41) is 13.8. The molecule has 0 radical (unpaired) electrons. The van der Waals surface area contributed by atoms with Gasteiger partial charge >= 0.3 is 7.12 Å². The van der Waals surface area contributed by atoms with E-state index in [2.05, 4.69) is 23.3 Å². The monoisotopic (exact) mass is 485 g/mol. The van der Waals surface area contributed by atoms with Crippen LogP contribution in [-0.4, -0.2) is 35.2 Å². The van der Waals surface area contributed by atoms with Gasteiger partial charge in [-0.3, -0.25) is 14.6 Å². The Morgan fingerprint density at radius 1 is 1.19 bits per heavy atom. The van der Waals surface area contributed by atoms with Crippen molar-refractivity contribution < 1.29 is 19.3 Å². The Morgan fingerprint density at radius 2 is 2.00 bits per heavy atom. The van der Waals surface area contributed by atoms with E-state index in [9.17, 15) is 14.6 Å². The molecule has 2 aromatic carbocycles. The van der Waals surface area contributed by atoms with Gasteiger partial charge in [-0.05, 0) is 54.3 Å². The molecule has 4 N–H and O–H groups in total. The van der Waals surface area contributed by atoms with Crippen LogP contribution in [0, 0.1) is 0 Å². The van der Waals surface area contributed by atoms with Crippen molar-refractivity contribution in [3.63, 3.8) is 0 Å². The third-order valence-electron chi connectivity index (χ3n) is 6.61. The third kappa shape index (κ3) is 5.90. The zero-order valence-corrected chi connectivity index (χ0v) is 20.7. The second-order valence-corrected chi connectivity index (χ2v) is 9.29. The molecule has 8 heteroatoms. The van der Waals surface area contributed by atoms with E-state index in [1.54, 1.807) is 18.3 Å². The first-order valence-electron chi connectivity index (χ1n) is 12.4. The van der Waals surface area contributed by atoms with E-state index >= 15 is 0 Å². The number of rotatable bonds is 10. The van der Waals surface area contributed by atoms with Crippen molar-refractivity contribution in [1.29, 1.82) is 0 Å². The Hall–Kier alpha value is -3.33. The first kappa shape index (κ1) is 25.8. The van der Waals surface area contributed by atoms with Crippen LogP contribution in [0.15, 0.2) is 60.8 Å². The average Bonchev–Trinajstić information content (AvgIpc) is 2.87. The van der Waals surface area contributed by atoms with Crippen molar-refractivity contribution in [1.82, 2.24) is 10.3 Å². The molecule has 1 unspecified atom stereocenters. The Morgan fingerprint density at radius 3 is 2.72 bits per heavy atom. The van der Waals surface area contributed by atoms with E-state index < -0.39 is 7.12 Å². The number of nitrogens with zero attached hydrogens (tertiary/aromatic N) is 1. The highest BCUT2D eigenvalue weighted by molar-refractivity contribution is 6.47. The van der Waals surface area contributed by atoms with Crippen LogP contribution in [0.1, 0.15) is 64.6 Å². The smallest absolute Gasteiger partial charge is 0.526 e. The fraction of sp³-hybridized carbons (Fsp3) is 0.321. The van der Waals surface area contributed by atoms with E-state index in [-0.39, 0.29) is 36.3 Å². The molecule has 0 saturated heterocycles. The Bertz CT molecular complexity index is 1230. The van der Waals surface area contributed by atoms with Gasteiger partial charge in [0.05, 0.1) is 17.3 Å². The normalized spacial score (nSPS) is 15.7. The first-order valence-corrected chi connectivity index (χ1v) is 12.4. The van der Waals surface area contributed by atoms with Gasteiger partial charge in [-0.15, -0.1) is 0 Å². The molecular weight excluding hydrogens is 453 g/mol. The summed E-state index contributed by atoms with van der Waals surface area (Å²) in [5.41, 5.74) is 11.5. The zero-order valence-electron chi connectivity index (χ0n) is 20.7. The second kappa shape index (κ2) is 11.6. The molecule has 186 valence electrons. The highest BCUT2D eigenvalue weighted by atomic mass is 16.5. The van der Waals surface area contributed by atoms with E-state index in [1.165, 1.54) is 6.92 Å². The van der Waals surface area contributed by atoms with Crippen molar-refractivity contribution >= 4 is 18.7 Å². The van der Waals surface area contributed by atoms with Crippen LogP contribution in [0.4, 0.5) is 0 Å². The maximum atomic E-state index is 12.8. The molecule has 0 spiro atoms. The molecule has 0 aliphatic carbocycles. The maximum absolute atomic E-state index is 12.8. The minimum Gasteiger partial charge on any atom is -0.535 e. The molecular formula is C28H32BN3O4. The summed E-state index contributed by atoms with van der Waals surface area (Å²) in [6, 6.07) is 16.8. The zero-order chi connectivity index (χ0) is 25.7. The third-order valence-corrected chi connectivity index (χ3v) is 6.61. The molecule has 2 heterocycles. The van der Waals surface area contributed by atoms with Crippen molar-refractivity contribution in [2.75, 3.05) is 6.54 Å². The Balaban J connectivity index is 1.39. The number of hydrogen-bond donors (Lipinski definition) is 3. The summed E-state index contributed by atoms with van der Waals surface area (Å²) in [5.74, 6) is -0.0838. The molecule has 7 nitrogen and oxygen atoms in total. The lowest BCUT2D eigenvalue weighted by molar-refractivity contribution is -0.118. The van der Waals surface area contributed by atoms with E-state index in [0.717, 1.165) is 41.0 Å². The standard InChI is InChI=1S/C28H32BN3O4/c1-3-31-17-21-7-4-5-9-25(21)27(30)26-12-11-19(16-32-26)13-23(34)15-22-14-20-8-6-10-24(18(2)33)28(20)36-29(22)35/h4-12,16,22,27,31,35H,3,13-15,17,30H2,1-2H3/t22-,27?/m1/s1. The quantitative estimate of drug-likeness (QED) is 0.298. The number of aromatic nitrogens is 1. The predicted octanol–water partition coefficient (Wildman–Crippen LogP) is 3.43. The van der Waals surface area contributed by atoms with E-state index in [0.29, 0.717) is 17.7 Å². The maximum Gasteiger partial charge on any atom is 0.526 e. The Labute approximate surface area is 212 Å². The first-order chi connectivity index (χ1) is 17.4. The molecule has 1 aromatic heterocycles.